The predicted octanol–water partition coefficient (Wildman–Crippen LogP) is -0.427. The summed E-state index contributed by atoms with van der Waals surface area (Å²) in [4.78, 5) is 0. The second-order valence-corrected chi connectivity index (χ2v) is 3.70. The van der Waals surface area contributed by atoms with Crippen LogP contribution in [0.4, 0.5) is 0 Å². The zero-order valence-corrected chi connectivity index (χ0v) is 9.49. The van der Waals surface area contributed by atoms with Crippen molar-refractivity contribution in [3.05, 3.63) is 17.0 Å². The van der Waals surface area contributed by atoms with E-state index in [2.05, 4.69) is 10.4 Å². The van der Waals surface area contributed by atoms with Crippen LogP contribution >= 0.6 is 0 Å². The minimum atomic E-state index is -0.745. The van der Waals surface area contributed by atoms with Crippen molar-refractivity contribution in [3.63, 3.8) is 0 Å². The van der Waals surface area contributed by atoms with E-state index >= 15 is 0 Å². The SMILES string of the molecule is CNCc1c(C)nn(CC(O)CO)c1C. The normalized spacial score (nSPS) is 13.1. The number of aryl methyl sites for hydroxylation is 1. The lowest BCUT2D eigenvalue weighted by molar-refractivity contribution is 0.0776. The number of hydrogen-bond donors (Lipinski definition) is 3. The van der Waals surface area contributed by atoms with Gasteiger partial charge in [0.2, 0.25) is 0 Å². The van der Waals surface area contributed by atoms with Gasteiger partial charge < -0.3 is 15.5 Å². The molecule has 5 nitrogen and oxygen atoms in total. The Labute approximate surface area is 89.7 Å². The van der Waals surface area contributed by atoms with E-state index < -0.39 is 6.10 Å². The Balaban J connectivity index is 2.86. The number of aliphatic hydroxyl groups is 2. The first-order chi connectivity index (χ1) is 7.10. The third-order valence-electron chi connectivity index (χ3n) is 2.48. The largest absolute Gasteiger partial charge is 0.394 e. The van der Waals surface area contributed by atoms with E-state index in [1.165, 1.54) is 0 Å². The average molecular weight is 213 g/mol. The predicted molar refractivity (Wildman–Crippen MR) is 57.6 cm³/mol. The summed E-state index contributed by atoms with van der Waals surface area (Å²) in [6, 6.07) is 0. The molecule has 1 rings (SSSR count). The number of nitrogens with one attached hydrogen (secondary N) is 1. The van der Waals surface area contributed by atoms with Gasteiger partial charge in [-0.3, -0.25) is 4.68 Å². The van der Waals surface area contributed by atoms with Crippen LogP contribution in [0.25, 0.3) is 0 Å². The van der Waals surface area contributed by atoms with Crippen LogP contribution in [0, 0.1) is 13.8 Å². The minimum Gasteiger partial charge on any atom is -0.394 e. The molecule has 0 saturated carbocycles. The van der Waals surface area contributed by atoms with E-state index in [1.54, 1.807) is 4.68 Å². The molecule has 86 valence electrons. The van der Waals surface area contributed by atoms with Gasteiger partial charge in [0.15, 0.2) is 0 Å². The third kappa shape index (κ3) is 2.77. The molecule has 1 aromatic rings. The molecule has 0 bridgehead atoms. The maximum absolute atomic E-state index is 9.34. The van der Waals surface area contributed by atoms with Crippen LogP contribution in [-0.4, -0.2) is 39.8 Å². The Morgan fingerprint density at radius 1 is 1.47 bits per heavy atom. The van der Waals surface area contributed by atoms with E-state index in [9.17, 15) is 5.11 Å². The molecule has 3 N–H and O–H groups in total. The Morgan fingerprint density at radius 3 is 2.67 bits per heavy atom. The van der Waals surface area contributed by atoms with Crippen molar-refractivity contribution in [1.29, 1.82) is 0 Å². The maximum atomic E-state index is 9.34. The van der Waals surface area contributed by atoms with Gasteiger partial charge in [-0.15, -0.1) is 0 Å². The van der Waals surface area contributed by atoms with Gasteiger partial charge in [0, 0.05) is 17.8 Å². The number of aliphatic hydroxyl groups excluding tert-OH is 2. The van der Waals surface area contributed by atoms with Crippen LogP contribution in [0.1, 0.15) is 17.0 Å². The van der Waals surface area contributed by atoms with Crippen molar-refractivity contribution in [1.82, 2.24) is 15.1 Å². The highest BCUT2D eigenvalue weighted by Crippen LogP contribution is 2.12. The first-order valence-corrected chi connectivity index (χ1v) is 5.06. The Hall–Kier alpha value is -0.910. The van der Waals surface area contributed by atoms with Crippen LogP contribution in [0.2, 0.25) is 0 Å². The lowest BCUT2D eigenvalue weighted by Gasteiger charge is -2.09. The number of aromatic nitrogens is 2. The van der Waals surface area contributed by atoms with E-state index in [0.29, 0.717) is 6.54 Å². The molecule has 1 unspecified atom stereocenters. The standard InChI is InChI=1S/C10H19N3O2/c1-7-10(4-11-3)8(2)13(12-7)5-9(15)6-14/h9,11,14-15H,4-6H2,1-3H3. The third-order valence-corrected chi connectivity index (χ3v) is 2.48. The summed E-state index contributed by atoms with van der Waals surface area (Å²) in [5, 5.41) is 25.5. The van der Waals surface area contributed by atoms with Crippen molar-refractivity contribution in [2.24, 2.45) is 0 Å². The fourth-order valence-corrected chi connectivity index (χ4v) is 1.60. The maximum Gasteiger partial charge on any atom is 0.0966 e. The first kappa shape index (κ1) is 12.2. The summed E-state index contributed by atoms with van der Waals surface area (Å²) in [5.74, 6) is 0. The number of nitrogens with zero attached hydrogens (tertiary/aromatic N) is 2. The molecule has 0 saturated heterocycles. The zero-order chi connectivity index (χ0) is 11.4. The molecule has 1 heterocycles. The highest BCUT2D eigenvalue weighted by molar-refractivity contribution is 5.24. The van der Waals surface area contributed by atoms with Gasteiger partial charge in [-0.2, -0.15) is 5.10 Å². The molecule has 1 aromatic heterocycles. The molecular weight excluding hydrogens is 194 g/mol. The van der Waals surface area contributed by atoms with Crippen molar-refractivity contribution >= 4 is 0 Å². The summed E-state index contributed by atoms with van der Waals surface area (Å²) in [6.45, 7) is 4.79. The van der Waals surface area contributed by atoms with Crippen molar-refractivity contribution < 1.29 is 10.2 Å². The van der Waals surface area contributed by atoms with E-state index in [0.717, 1.165) is 23.5 Å². The summed E-state index contributed by atoms with van der Waals surface area (Å²) >= 11 is 0. The first-order valence-electron chi connectivity index (χ1n) is 5.06. The monoisotopic (exact) mass is 213 g/mol. The summed E-state index contributed by atoms with van der Waals surface area (Å²) < 4.78 is 1.74. The van der Waals surface area contributed by atoms with Gasteiger partial charge in [-0.05, 0) is 20.9 Å². The van der Waals surface area contributed by atoms with Gasteiger partial charge in [-0.25, -0.2) is 0 Å². The van der Waals surface area contributed by atoms with Gasteiger partial charge in [0.05, 0.1) is 24.9 Å². The Kier molecular flexibility index (Phi) is 4.26. The number of rotatable bonds is 5. The van der Waals surface area contributed by atoms with Crippen LogP contribution in [0.15, 0.2) is 0 Å². The van der Waals surface area contributed by atoms with Crippen molar-refractivity contribution in [2.45, 2.75) is 33.0 Å². The van der Waals surface area contributed by atoms with Crippen LogP contribution in [-0.2, 0) is 13.1 Å². The fraction of sp³-hybridized carbons (Fsp3) is 0.700. The zero-order valence-electron chi connectivity index (χ0n) is 9.49. The van der Waals surface area contributed by atoms with E-state index in [4.69, 9.17) is 5.11 Å². The smallest absolute Gasteiger partial charge is 0.0966 e. The molecule has 0 aliphatic carbocycles. The van der Waals surface area contributed by atoms with E-state index in [-0.39, 0.29) is 6.61 Å². The molecule has 15 heavy (non-hydrogen) atoms. The quantitative estimate of drug-likeness (QED) is 0.621. The topological polar surface area (TPSA) is 70.3 Å². The number of hydrogen-bond acceptors (Lipinski definition) is 4. The lowest BCUT2D eigenvalue weighted by atomic mass is 10.2. The van der Waals surface area contributed by atoms with Crippen molar-refractivity contribution in [3.8, 4) is 0 Å². The minimum absolute atomic E-state index is 0.236. The molecular formula is C10H19N3O2. The second-order valence-electron chi connectivity index (χ2n) is 3.70. The Morgan fingerprint density at radius 2 is 2.13 bits per heavy atom. The fourth-order valence-electron chi connectivity index (χ4n) is 1.60. The van der Waals surface area contributed by atoms with Crippen LogP contribution in [0.3, 0.4) is 0 Å². The van der Waals surface area contributed by atoms with Gasteiger partial charge >= 0.3 is 0 Å². The summed E-state index contributed by atoms with van der Waals surface area (Å²) in [7, 11) is 1.89. The van der Waals surface area contributed by atoms with E-state index in [1.807, 2.05) is 20.9 Å². The van der Waals surface area contributed by atoms with Gasteiger partial charge in [0.25, 0.3) is 0 Å². The summed E-state index contributed by atoms with van der Waals surface area (Å²) in [5.41, 5.74) is 3.16. The molecule has 0 amide bonds. The summed E-state index contributed by atoms with van der Waals surface area (Å²) in [6.07, 6.45) is -0.745. The Bertz CT molecular complexity index is 323. The molecule has 0 fully saturated rings. The van der Waals surface area contributed by atoms with Crippen LogP contribution < -0.4 is 5.32 Å². The molecule has 0 aliphatic heterocycles. The highest BCUT2D eigenvalue weighted by Gasteiger charge is 2.12. The molecule has 0 aliphatic rings. The van der Waals surface area contributed by atoms with Crippen LogP contribution in [0.5, 0.6) is 0 Å². The molecule has 0 spiro atoms. The molecule has 1 atom stereocenters. The second kappa shape index (κ2) is 5.25. The van der Waals surface area contributed by atoms with Crippen molar-refractivity contribution in [2.75, 3.05) is 13.7 Å². The van der Waals surface area contributed by atoms with Gasteiger partial charge in [0.1, 0.15) is 0 Å². The molecule has 5 heteroatoms. The molecule has 0 aromatic carbocycles. The molecule has 0 radical (unpaired) electrons. The highest BCUT2D eigenvalue weighted by atomic mass is 16.3. The average Bonchev–Trinajstić information content (AvgIpc) is 2.46. The lowest BCUT2D eigenvalue weighted by Crippen LogP contribution is -2.21. The van der Waals surface area contributed by atoms with Gasteiger partial charge in [-0.1, -0.05) is 0 Å².